The summed E-state index contributed by atoms with van der Waals surface area (Å²) in [6, 6.07) is 19.1. The maximum Gasteiger partial charge on any atom is 0.416 e. The highest BCUT2D eigenvalue weighted by Crippen LogP contribution is 2.31. The van der Waals surface area contributed by atoms with Crippen LogP contribution in [0.25, 0.3) is 22.4 Å². The van der Waals surface area contributed by atoms with Crippen LogP contribution < -0.4 is 0 Å². The smallest absolute Gasteiger partial charge is 0.338 e. The Morgan fingerprint density at radius 3 is 2.19 bits per heavy atom. The number of nitrogens with one attached hydrogen (secondary N) is 1. The van der Waals surface area contributed by atoms with Gasteiger partial charge in [0.2, 0.25) is 0 Å². The maximum atomic E-state index is 12.8. The molecule has 0 atom stereocenters. The highest BCUT2D eigenvalue weighted by molar-refractivity contribution is 6.09. The molecule has 0 saturated heterocycles. The summed E-state index contributed by atoms with van der Waals surface area (Å²) in [5, 5.41) is 0. The molecule has 0 bridgehead atoms. The molecule has 0 spiro atoms. The molecule has 6 heteroatoms. The van der Waals surface area contributed by atoms with E-state index in [2.05, 4.69) is 9.97 Å². The molecule has 0 unspecified atom stereocenters. The summed E-state index contributed by atoms with van der Waals surface area (Å²) in [4.78, 5) is 19.7. The zero-order valence-electron chi connectivity index (χ0n) is 13.9. The normalized spacial score (nSPS) is 11.7. The van der Waals surface area contributed by atoms with Crippen LogP contribution >= 0.6 is 0 Å². The van der Waals surface area contributed by atoms with Crippen molar-refractivity contribution in [2.24, 2.45) is 0 Å². The first-order chi connectivity index (χ1) is 12.9. The van der Waals surface area contributed by atoms with Gasteiger partial charge in [0.25, 0.3) is 0 Å². The summed E-state index contributed by atoms with van der Waals surface area (Å²) >= 11 is 0. The van der Waals surface area contributed by atoms with Crippen LogP contribution in [-0.4, -0.2) is 15.8 Å². The van der Waals surface area contributed by atoms with Gasteiger partial charge in [0.15, 0.2) is 5.78 Å². The average Bonchev–Trinajstić information content (AvgIpc) is 3.11. The number of H-pyrrole nitrogens is 1. The van der Waals surface area contributed by atoms with Gasteiger partial charge in [0.05, 0.1) is 16.6 Å². The molecule has 0 aliphatic carbocycles. The Kier molecular flexibility index (Phi) is 4.03. The molecular weight excluding hydrogens is 353 g/mol. The third kappa shape index (κ3) is 3.33. The molecule has 1 heterocycles. The van der Waals surface area contributed by atoms with E-state index in [9.17, 15) is 18.0 Å². The van der Waals surface area contributed by atoms with Crippen LogP contribution in [-0.2, 0) is 6.18 Å². The number of carbonyl (C=O) groups is 1. The predicted octanol–water partition coefficient (Wildman–Crippen LogP) is 5.48. The Bertz CT molecular complexity index is 1110. The zero-order valence-corrected chi connectivity index (χ0v) is 13.9. The quantitative estimate of drug-likeness (QED) is 0.488. The van der Waals surface area contributed by atoms with Crippen molar-refractivity contribution in [3.05, 3.63) is 89.5 Å². The van der Waals surface area contributed by atoms with E-state index >= 15 is 0 Å². The van der Waals surface area contributed by atoms with Gasteiger partial charge in [-0.2, -0.15) is 13.2 Å². The number of nitrogens with zero attached hydrogens (tertiary/aromatic N) is 1. The van der Waals surface area contributed by atoms with Gasteiger partial charge in [-0.3, -0.25) is 4.79 Å². The van der Waals surface area contributed by atoms with E-state index in [0.717, 1.165) is 12.1 Å². The number of fused-ring (bicyclic) bond motifs is 1. The molecule has 0 radical (unpaired) electrons. The van der Waals surface area contributed by atoms with E-state index in [1.807, 2.05) is 6.07 Å². The van der Waals surface area contributed by atoms with Crippen molar-refractivity contribution in [3.8, 4) is 11.4 Å². The lowest BCUT2D eigenvalue weighted by atomic mass is 10.0. The van der Waals surface area contributed by atoms with E-state index < -0.39 is 11.7 Å². The van der Waals surface area contributed by atoms with Gasteiger partial charge >= 0.3 is 6.18 Å². The summed E-state index contributed by atoms with van der Waals surface area (Å²) in [6.45, 7) is 0. The number of ketones is 1. The predicted molar refractivity (Wildman–Crippen MR) is 96.4 cm³/mol. The Morgan fingerprint density at radius 1 is 0.852 bits per heavy atom. The second-order valence-corrected chi connectivity index (χ2v) is 6.09. The molecule has 1 N–H and O–H groups in total. The van der Waals surface area contributed by atoms with Crippen LogP contribution in [0.4, 0.5) is 13.2 Å². The lowest BCUT2D eigenvalue weighted by Gasteiger charge is -2.05. The van der Waals surface area contributed by atoms with Gasteiger partial charge in [0.1, 0.15) is 5.82 Å². The van der Waals surface area contributed by atoms with Crippen molar-refractivity contribution >= 4 is 16.8 Å². The van der Waals surface area contributed by atoms with E-state index in [1.165, 1.54) is 6.07 Å². The van der Waals surface area contributed by atoms with Gasteiger partial charge in [-0.1, -0.05) is 54.6 Å². The number of aromatic nitrogens is 2. The third-order valence-corrected chi connectivity index (χ3v) is 4.27. The Labute approximate surface area is 152 Å². The fourth-order valence-electron chi connectivity index (χ4n) is 2.86. The third-order valence-electron chi connectivity index (χ3n) is 4.27. The first-order valence-corrected chi connectivity index (χ1v) is 8.19. The van der Waals surface area contributed by atoms with Gasteiger partial charge in [-0.05, 0) is 18.2 Å². The van der Waals surface area contributed by atoms with Gasteiger partial charge in [-0.15, -0.1) is 0 Å². The number of halogens is 3. The minimum Gasteiger partial charge on any atom is -0.338 e. The topological polar surface area (TPSA) is 45.8 Å². The molecular formula is C21H13F3N2O. The fourth-order valence-corrected chi connectivity index (χ4v) is 2.86. The number of rotatable bonds is 3. The molecule has 27 heavy (non-hydrogen) atoms. The number of hydrogen-bond donors (Lipinski definition) is 1. The molecule has 0 fully saturated rings. The fraction of sp³-hybridized carbons (Fsp3) is 0.0476. The van der Waals surface area contributed by atoms with Crippen molar-refractivity contribution in [1.82, 2.24) is 9.97 Å². The average molecular weight is 366 g/mol. The molecule has 0 amide bonds. The van der Waals surface area contributed by atoms with Gasteiger partial charge in [0, 0.05) is 16.7 Å². The number of carbonyl (C=O) groups excluding carboxylic acids is 1. The first-order valence-electron chi connectivity index (χ1n) is 8.19. The SMILES string of the molecule is O=C(c1ccccc1)c1ccc(-c2nc3ccc(C(F)(F)F)cc3[nH]2)cc1. The molecule has 4 aromatic rings. The van der Waals surface area contributed by atoms with Crippen molar-refractivity contribution < 1.29 is 18.0 Å². The molecule has 134 valence electrons. The number of imidazole rings is 1. The number of benzene rings is 3. The molecule has 4 rings (SSSR count). The van der Waals surface area contributed by atoms with Crippen molar-refractivity contribution in [3.63, 3.8) is 0 Å². The summed E-state index contributed by atoms with van der Waals surface area (Å²) in [6.07, 6.45) is -4.40. The molecule has 3 aromatic carbocycles. The zero-order chi connectivity index (χ0) is 19.0. The standard InChI is InChI=1S/C21H13F3N2O/c22-21(23,24)16-10-11-17-18(12-16)26-20(25-17)15-8-6-14(7-9-15)19(27)13-4-2-1-3-5-13/h1-12H,(H,25,26). The van der Waals surface area contributed by atoms with E-state index in [4.69, 9.17) is 0 Å². The summed E-state index contributed by atoms with van der Waals surface area (Å²) < 4.78 is 38.5. The van der Waals surface area contributed by atoms with Crippen LogP contribution in [0.3, 0.4) is 0 Å². The number of alkyl halides is 3. The molecule has 0 aliphatic rings. The van der Waals surface area contributed by atoms with E-state index in [0.29, 0.717) is 33.5 Å². The van der Waals surface area contributed by atoms with Crippen molar-refractivity contribution in [2.45, 2.75) is 6.18 Å². The minimum absolute atomic E-state index is 0.0958. The Hall–Kier alpha value is -3.41. The Balaban J connectivity index is 1.65. The Morgan fingerprint density at radius 2 is 1.52 bits per heavy atom. The summed E-state index contributed by atoms with van der Waals surface area (Å²) in [5.41, 5.74) is 1.83. The van der Waals surface area contributed by atoms with Crippen LogP contribution in [0.1, 0.15) is 21.5 Å². The molecule has 0 aliphatic heterocycles. The summed E-state index contributed by atoms with van der Waals surface area (Å²) in [5.74, 6) is 0.351. The van der Waals surface area contributed by atoms with Gasteiger partial charge < -0.3 is 4.98 Å². The van der Waals surface area contributed by atoms with E-state index in [-0.39, 0.29) is 5.78 Å². The first kappa shape index (κ1) is 17.0. The molecule has 0 saturated carbocycles. The van der Waals surface area contributed by atoms with Crippen LogP contribution in [0.15, 0.2) is 72.8 Å². The van der Waals surface area contributed by atoms with Crippen LogP contribution in [0, 0.1) is 0 Å². The highest BCUT2D eigenvalue weighted by Gasteiger charge is 2.30. The highest BCUT2D eigenvalue weighted by atomic mass is 19.4. The largest absolute Gasteiger partial charge is 0.416 e. The number of hydrogen-bond acceptors (Lipinski definition) is 2. The minimum atomic E-state index is -4.40. The lowest BCUT2D eigenvalue weighted by Crippen LogP contribution is -2.04. The van der Waals surface area contributed by atoms with Crippen molar-refractivity contribution in [1.29, 1.82) is 0 Å². The molecule has 1 aromatic heterocycles. The van der Waals surface area contributed by atoms with Crippen LogP contribution in [0.2, 0.25) is 0 Å². The second-order valence-electron chi connectivity index (χ2n) is 6.09. The lowest BCUT2D eigenvalue weighted by molar-refractivity contribution is -0.137. The van der Waals surface area contributed by atoms with Crippen molar-refractivity contribution in [2.75, 3.05) is 0 Å². The molecule has 3 nitrogen and oxygen atoms in total. The van der Waals surface area contributed by atoms with Crippen LogP contribution in [0.5, 0.6) is 0 Å². The second kappa shape index (κ2) is 6.39. The van der Waals surface area contributed by atoms with Gasteiger partial charge in [-0.25, -0.2) is 4.98 Å². The monoisotopic (exact) mass is 366 g/mol. The maximum absolute atomic E-state index is 12.8. The summed E-state index contributed by atoms with van der Waals surface area (Å²) in [7, 11) is 0. The number of aromatic amines is 1. The van der Waals surface area contributed by atoms with E-state index in [1.54, 1.807) is 48.5 Å².